The number of hydrogen-bond acceptors (Lipinski definition) is 6. The molecule has 0 aromatic carbocycles. The minimum absolute atomic E-state index is 0.0572. The van der Waals surface area contributed by atoms with E-state index in [0.717, 1.165) is 0 Å². The average molecular weight is 368 g/mol. The molecular weight excluding hydrogens is 339 g/mol. The van der Waals surface area contributed by atoms with E-state index in [0.29, 0.717) is 0 Å². The zero-order chi connectivity index (χ0) is 18.4. The van der Waals surface area contributed by atoms with Crippen LogP contribution in [0, 0.1) is 11.3 Å². The Morgan fingerprint density at radius 1 is 1.17 bits per heavy atom. The fraction of sp³-hybridized carbons (Fsp3) is 0.857. The van der Waals surface area contributed by atoms with Crippen molar-refractivity contribution < 1.29 is 32.7 Å². The van der Waals surface area contributed by atoms with Crippen LogP contribution < -0.4 is 0 Å². The number of Topliss-reactive ketones (excluding diaryl/α,β-unsaturated/α-hetero) is 1. The number of rotatable bonds is 10. The Bertz CT molecular complexity index is 451. The molecule has 0 aromatic rings. The van der Waals surface area contributed by atoms with E-state index in [1.807, 2.05) is 33.9 Å². The number of ketones is 1. The van der Waals surface area contributed by atoms with Crippen LogP contribution >= 0.6 is 7.60 Å². The Morgan fingerprint density at radius 3 is 1.96 bits per heavy atom. The second-order valence-corrected chi connectivity index (χ2v) is 11.4. The Hall–Kier alpha value is -0.533. The first-order valence-corrected chi connectivity index (χ1v) is 12.0. The summed E-state index contributed by atoms with van der Waals surface area (Å²) in [6.45, 7) is 9.33. The van der Waals surface area contributed by atoms with Crippen LogP contribution in [0.15, 0.2) is 0 Å². The number of carbonyl (C=O) groups is 2. The topological polar surface area (TPSA) is 99.1 Å². The van der Waals surface area contributed by atoms with Crippen molar-refractivity contribution in [2.45, 2.75) is 46.4 Å². The molecule has 136 valence electrons. The largest absolute Gasteiger partial charge is 0.479 e. The highest BCUT2D eigenvalue weighted by Gasteiger charge is 2.40. The van der Waals surface area contributed by atoms with Crippen molar-refractivity contribution in [3.63, 3.8) is 0 Å². The molecule has 0 heterocycles. The normalized spacial score (nSPS) is 15.5. The lowest BCUT2D eigenvalue weighted by Gasteiger charge is -2.35. The molecular formula is C14H29O7PSi. The summed E-state index contributed by atoms with van der Waals surface area (Å²) in [6, 6.07) is 0. The zero-order valence-electron chi connectivity index (χ0n) is 15.0. The molecule has 2 unspecified atom stereocenters. The van der Waals surface area contributed by atoms with Gasteiger partial charge in [0, 0.05) is 26.6 Å². The molecule has 9 heteroatoms. The van der Waals surface area contributed by atoms with E-state index >= 15 is 0 Å². The van der Waals surface area contributed by atoms with Gasteiger partial charge >= 0.3 is 13.6 Å². The van der Waals surface area contributed by atoms with Crippen molar-refractivity contribution in [1.82, 2.24) is 0 Å². The standard InChI is InChI=1S/C14H29O7PSi/c1-14(2,3)11(12(13(16)17)21-23(6)7)8-10(15)9-22(18,19-4)20-5/h11-12,23H,8-9H2,1-7H3,(H,16,17). The molecule has 23 heavy (non-hydrogen) atoms. The minimum Gasteiger partial charge on any atom is -0.479 e. The first-order valence-electron chi connectivity index (χ1n) is 7.46. The van der Waals surface area contributed by atoms with E-state index in [4.69, 9.17) is 13.5 Å². The lowest BCUT2D eigenvalue weighted by Crippen LogP contribution is -2.43. The molecule has 0 radical (unpaired) electrons. The second kappa shape index (κ2) is 9.08. The summed E-state index contributed by atoms with van der Waals surface area (Å²) >= 11 is 0. The third-order valence-corrected chi connectivity index (χ3v) is 6.20. The summed E-state index contributed by atoms with van der Waals surface area (Å²) < 4.78 is 27.2. The van der Waals surface area contributed by atoms with Crippen LogP contribution in [0.5, 0.6) is 0 Å². The molecule has 0 fully saturated rings. The van der Waals surface area contributed by atoms with Crippen molar-refractivity contribution in [3.8, 4) is 0 Å². The van der Waals surface area contributed by atoms with E-state index in [-0.39, 0.29) is 18.4 Å². The third-order valence-electron chi connectivity index (χ3n) is 3.51. The van der Waals surface area contributed by atoms with E-state index in [1.165, 1.54) is 14.2 Å². The lowest BCUT2D eigenvalue weighted by atomic mass is 9.74. The predicted octanol–water partition coefficient (Wildman–Crippen LogP) is 2.55. The molecule has 0 saturated heterocycles. The molecule has 0 aliphatic heterocycles. The van der Waals surface area contributed by atoms with E-state index < -0.39 is 40.0 Å². The van der Waals surface area contributed by atoms with Crippen LogP contribution in [-0.4, -0.2) is 52.4 Å². The minimum atomic E-state index is -3.46. The highest BCUT2D eigenvalue weighted by molar-refractivity contribution is 7.54. The maximum Gasteiger partial charge on any atom is 0.337 e. The van der Waals surface area contributed by atoms with Gasteiger partial charge in [0.05, 0.1) is 0 Å². The maximum atomic E-state index is 12.3. The molecule has 0 aromatic heterocycles. The van der Waals surface area contributed by atoms with Crippen molar-refractivity contribution >= 4 is 28.4 Å². The number of hydrogen-bond donors (Lipinski definition) is 1. The van der Waals surface area contributed by atoms with Crippen molar-refractivity contribution in [1.29, 1.82) is 0 Å². The van der Waals surface area contributed by atoms with Crippen LogP contribution in [0.2, 0.25) is 13.1 Å². The highest BCUT2D eigenvalue weighted by atomic mass is 31.2. The molecule has 7 nitrogen and oxygen atoms in total. The van der Waals surface area contributed by atoms with Gasteiger partial charge in [0.1, 0.15) is 18.0 Å². The fourth-order valence-electron chi connectivity index (χ4n) is 2.22. The zero-order valence-corrected chi connectivity index (χ0v) is 17.0. The monoisotopic (exact) mass is 368 g/mol. The summed E-state index contributed by atoms with van der Waals surface area (Å²) in [5, 5.41) is 9.48. The van der Waals surface area contributed by atoms with E-state index in [9.17, 15) is 19.3 Å². The molecule has 2 atom stereocenters. The van der Waals surface area contributed by atoms with Crippen LogP contribution in [0.1, 0.15) is 27.2 Å². The summed E-state index contributed by atoms with van der Waals surface area (Å²) in [7, 11) is -2.64. The molecule has 0 aliphatic carbocycles. The van der Waals surface area contributed by atoms with Gasteiger partial charge < -0.3 is 18.6 Å². The Kier molecular flexibility index (Phi) is 8.87. The number of carboxylic acids is 1. The maximum absolute atomic E-state index is 12.3. The van der Waals surface area contributed by atoms with Gasteiger partial charge in [-0.05, 0) is 18.5 Å². The lowest BCUT2D eigenvalue weighted by molar-refractivity contribution is -0.151. The molecule has 0 spiro atoms. The number of carboxylic acid groups (broad SMARTS) is 1. The molecule has 0 aliphatic rings. The molecule has 0 amide bonds. The summed E-state index contributed by atoms with van der Waals surface area (Å²) in [5.41, 5.74) is -0.466. The second-order valence-electron chi connectivity index (χ2n) is 6.79. The molecule has 0 saturated carbocycles. The van der Waals surface area contributed by atoms with Gasteiger partial charge in [-0.15, -0.1) is 0 Å². The summed E-state index contributed by atoms with van der Waals surface area (Å²) in [5.74, 6) is -1.98. The average Bonchev–Trinajstić information content (AvgIpc) is 2.40. The van der Waals surface area contributed by atoms with Gasteiger partial charge in [-0.2, -0.15) is 0 Å². The van der Waals surface area contributed by atoms with Gasteiger partial charge in [-0.25, -0.2) is 4.79 Å². The van der Waals surface area contributed by atoms with Crippen molar-refractivity contribution in [2.75, 3.05) is 20.4 Å². The molecule has 1 N–H and O–H groups in total. The molecule has 0 rings (SSSR count). The van der Waals surface area contributed by atoms with Crippen LogP contribution in [0.4, 0.5) is 0 Å². The Labute approximate surface area is 140 Å². The van der Waals surface area contributed by atoms with E-state index in [1.54, 1.807) is 0 Å². The third kappa shape index (κ3) is 7.72. The fourth-order valence-corrected chi connectivity index (χ4v) is 4.08. The first kappa shape index (κ1) is 22.5. The van der Waals surface area contributed by atoms with Gasteiger partial charge in [-0.3, -0.25) is 9.36 Å². The molecule has 0 bridgehead atoms. The van der Waals surface area contributed by atoms with Crippen molar-refractivity contribution in [3.05, 3.63) is 0 Å². The summed E-state index contributed by atoms with van der Waals surface area (Å²) in [4.78, 5) is 23.9. The van der Waals surface area contributed by atoms with Crippen LogP contribution in [0.3, 0.4) is 0 Å². The number of carbonyl (C=O) groups excluding carboxylic acids is 1. The van der Waals surface area contributed by atoms with Crippen LogP contribution in [-0.2, 0) is 27.6 Å². The predicted molar refractivity (Wildman–Crippen MR) is 90.4 cm³/mol. The first-order chi connectivity index (χ1) is 10.4. The van der Waals surface area contributed by atoms with Crippen molar-refractivity contribution in [2.24, 2.45) is 11.3 Å². The van der Waals surface area contributed by atoms with Gasteiger partial charge in [0.15, 0.2) is 9.04 Å². The van der Waals surface area contributed by atoms with Gasteiger partial charge in [-0.1, -0.05) is 20.8 Å². The smallest absolute Gasteiger partial charge is 0.337 e. The van der Waals surface area contributed by atoms with Crippen LogP contribution in [0.25, 0.3) is 0 Å². The van der Waals surface area contributed by atoms with Gasteiger partial charge in [0.25, 0.3) is 0 Å². The Morgan fingerprint density at radius 2 is 1.65 bits per heavy atom. The quantitative estimate of drug-likeness (QED) is 0.467. The Balaban J connectivity index is 5.31. The van der Waals surface area contributed by atoms with Gasteiger partial charge in [0.2, 0.25) is 0 Å². The summed E-state index contributed by atoms with van der Waals surface area (Å²) in [6.07, 6.45) is -1.49. The number of aliphatic carboxylic acids is 1. The highest BCUT2D eigenvalue weighted by Crippen LogP contribution is 2.47. The van der Waals surface area contributed by atoms with E-state index in [2.05, 4.69) is 0 Å². The SMILES string of the molecule is COP(=O)(CC(=O)CC(C(O[SiH](C)C)C(=O)O)C(C)(C)C)OC.